The van der Waals surface area contributed by atoms with E-state index in [1.54, 1.807) is 30.5 Å². The first-order chi connectivity index (χ1) is 18.0. The van der Waals surface area contributed by atoms with Crippen molar-refractivity contribution in [2.24, 2.45) is 0 Å². The van der Waals surface area contributed by atoms with E-state index >= 15 is 0 Å². The first kappa shape index (κ1) is 25.8. The number of para-hydroxylation sites is 1. The highest BCUT2D eigenvalue weighted by atomic mass is 19.1. The summed E-state index contributed by atoms with van der Waals surface area (Å²) in [5.74, 6) is -1.13. The normalized spacial score (nSPS) is 10.7. The van der Waals surface area contributed by atoms with Gasteiger partial charge in [-0.3, -0.25) is 4.98 Å². The predicted molar refractivity (Wildman–Crippen MR) is 149 cm³/mol. The topological polar surface area (TPSA) is 66.3 Å². The number of carboxylic acid groups (broad SMARTS) is 1. The maximum Gasteiger partial charge on any atom is 0.335 e. The molecular weight excluding hydrogens is 465 g/mol. The molecule has 6 heteroatoms. The molecule has 5 nitrogen and oxygen atoms in total. The minimum absolute atomic E-state index is 0.222. The summed E-state index contributed by atoms with van der Waals surface area (Å²) in [6.07, 6.45) is 3.84. The van der Waals surface area contributed by atoms with Crippen molar-refractivity contribution in [3.63, 3.8) is 0 Å². The number of pyridine rings is 2. The molecule has 0 radical (unpaired) electrons. The minimum atomic E-state index is -0.911. The van der Waals surface area contributed by atoms with Gasteiger partial charge >= 0.3 is 5.97 Å². The van der Waals surface area contributed by atoms with Crippen molar-refractivity contribution < 1.29 is 14.3 Å². The van der Waals surface area contributed by atoms with Crippen LogP contribution in [0.5, 0.6) is 0 Å². The van der Waals surface area contributed by atoms with E-state index < -0.39 is 5.97 Å². The van der Waals surface area contributed by atoms with Gasteiger partial charge in [0.2, 0.25) is 0 Å². The van der Waals surface area contributed by atoms with Gasteiger partial charge in [0.1, 0.15) is 5.82 Å². The van der Waals surface area contributed by atoms with Crippen LogP contribution in [0.2, 0.25) is 0 Å². The Balaban J connectivity index is 0.000000207. The maximum atomic E-state index is 13.3. The van der Waals surface area contributed by atoms with E-state index in [0.29, 0.717) is 5.56 Å². The van der Waals surface area contributed by atoms with Crippen LogP contribution < -0.4 is 4.90 Å². The monoisotopic (exact) mass is 495 g/mol. The number of benzene rings is 3. The van der Waals surface area contributed by atoms with Gasteiger partial charge in [-0.05, 0) is 73.5 Å². The van der Waals surface area contributed by atoms with E-state index in [9.17, 15) is 9.18 Å². The number of nitrogens with zero attached hydrogens (tertiary/aromatic N) is 3. The molecule has 0 saturated carbocycles. The van der Waals surface area contributed by atoms with Crippen molar-refractivity contribution in [2.45, 2.75) is 26.7 Å². The lowest BCUT2D eigenvalue weighted by atomic mass is 10.1. The quantitative estimate of drug-likeness (QED) is 0.252. The zero-order valence-electron chi connectivity index (χ0n) is 21.1. The molecule has 0 fully saturated rings. The fourth-order valence-corrected chi connectivity index (χ4v) is 4.27. The third-order valence-electron chi connectivity index (χ3n) is 6.00. The second kappa shape index (κ2) is 12.1. The summed E-state index contributed by atoms with van der Waals surface area (Å²) in [7, 11) is 0. The van der Waals surface area contributed by atoms with Crippen LogP contribution in [0.25, 0.3) is 33.1 Å². The van der Waals surface area contributed by atoms with Crippen LogP contribution in [0.15, 0.2) is 91.1 Å². The molecule has 1 N–H and O–H groups in total. The van der Waals surface area contributed by atoms with E-state index in [-0.39, 0.29) is 5.82 Å². The number of rotatable bonds is 7. The summed E-state index contributed by atoms with van der Waals surface area (Å²) in [4.78, 5) is 22.0. The average molecular weight is 496 g/mol. The highest BCUT2D eigenvalue weighted by molar-refractivity contribution is 5.93. The zero-order chi connectivity index (χ0) is 26.2. The van der Waals surface area contributed by atoms with Crippen LogP contribution in [0.3, 0.4) is 0 Å². The van der Waals surface area contributed by atoms with Gasteiger partial charge in [-0.25, -0.2) is 14.2 Å². The largest absolute Gasteiger partial charge is 0.478 e. The summed E-state index contributed by atoms with van der Waals surface area (Å²) in [5.41, 5.74) is 5.08. The van der Waals surface area contributed by atoms with Crippen molar-refractivity contribution in [2.75, 3.05) is 18.0 Å². The summed E-state index contributed by atoms with van der Waals surface area (Å²) < 4.78 is 13.3. The van der Waals surface area contributed by atoms with Crippen LogP contribution in [0, 0.1) is 5.82 Å². The average Bonchev–Trinajstić information content (AvgIpc) is 2.93. The first-order valence-electron chi connectivity index (χ1n) is 12.5. The molecule has 5 aromatic rings. The number of anilines is 1. The molecule has 0 aliphatic heterocycles. The molecule has 2 aromatic heterocycles. The minimum Gasteiger partial charge on any atom is -0.478 e. The smallest absolute Gasteiger partial charge is 0.335 e. The molecule has 0 saturated heterocycles. The Morgan fingerprint density at radius 2 is 1.51 bits per heavy atom. The van der Waals surface area contributed by atoms with Gasteiger partial charge in [-0.2, -0.15) is 0 Å². The number of hydrogen-bond donors (Lipinski definition) is 1. The van der Waals surface area contributed by atoms with Gasteiger partial charge in [-0.15, -0.1) is 0 Å². The van der Waals surface area contributed by atoms with Crippen molar-refractivity contribution in [3.05, 3.63) is 103 Å². The Morgan fingerprint density at radius 1 is 0.838 bits per heavy atom. The van der Waals surface area contributed by atoms with Crippen LogP contribution in [0.1, 0.15) is 37.0 Å². The van der Waals surface area contributed by atoms with E-state index in [1.165, 1.54) is 12.1 Å². The third kappa shape index (κ3) is 6.28. The van der Waals surface area contributed by atoms with Gasteiger partial charge in [0, 0.05) is 35.6 Å². The molecule has 0 aliphatic carbocycles. The molecule has 0 amide bonds. The Hall–Kier alpha value is -4.32. The summed E-state index contributed by atoms with van der Waals surface area (Å²) in [5, 5.41) is 10.7. The van der Waals surface area contributed by atoms with Crippen molar-refractivity contribution in [1.29, 1.82) is 0 Å². The standard InChI is InChI=1S/C21H23FN2.C10H7NO2/c1-3-13-24(14-4-2)20-15-17-7-5-6-8-19(17)23-21(20)16-9-11-18(22)12-10-16;12-10(13)8-3-4-9-7(6-8)2-1-5-11-9/h5-12,15H,3-4,13-14H2,1-2H3;1-6H,(H,12,13). The van der Waals surface area contributed by atoms with Gasteiger partial charge in [0.25, 0.3) is 0 Å². The second-order valence-corrected chi connectivity index (χ2v) is 8.76. The lowest BCUT2D eigenvalue weighted by Gasteiger charge is -2.26. The number of fused-ring (bicyclic) bond motifs is 2. The Bertz CT molecular complexity index is 1500. The number of halogens is 1. The van der Waals surface area contributed by atoms with Crippen LogP contribution in [-0.4, -0.2) is 34.1 Å². The van der Waals surface area contributed by atoms with Gasteiger partial charge in [0.15, 0.2) is 0 Å². The molecule has 0 spiro atoms. The fourth-order valence-electron chi connectivity index (χ4n) is 4.27. The highest BCUT2D eigenvalue weighted by Crippen LogP contribution is 2.33. The maximum absolute atomic E-state index is 13.3. The molecule has 0 unspecified atom stereocenters. The molecule has 3 aromatic carbocycles. The zero-order valence-corrected chi connectivity index (χ0v) is 21.1. The van der Waals surface area contributed by atoms with Crippen LogP contribution in [0.4, 0.5) is 10.1 Å². The number of aromatic carboxylic acids is 1. The second-order valence-electron chi connectivity index (χ2n) is 8.76. The van der Waals surface area contributed by atoms with Crippen LogP contribution in [-0.2, 0) is 0 Å². The van der Waals surface area contributed by atoms with E-state index in [0.717, 1.165) is 64.7 Å². The molecular formula is C31H30FN3O2. The lowest BCUT2D eigenvalue weighted by molar-refractivity contribution is 0.0697. The van der Waals surface area contributed by atoms with Gasteiger partial charge in [-0.1, -0.05) is 38.1 Å². The van der Waals surface area contributed by atoms with Gasteiger partial charge < -0.3 is 10.0 Å². The molecule has 2 heterocycles. The number of carboxylic acids is 1. The number of hydrogen-bond acceptors (Lipinski definition) is 4. The highest BCUT2D eigenvalue weighted by Gasteiger charge is 2.15. The van der Waals surface area contributed by atoms with E-state index in [2.05, 4.69) is 35.9 Å². The molecule has 37 heavy (non-hydrogen) atoms. The molecule has 5 rings (SSSR count). The first-order valence-corrected chi connectivity index (χ1v) is 12.5. The van der Waals surface area contributed by atoms with Crippen molar-refractivity contribution in [3.8, 4) is 11.3 Å². The molecule has 0 bridgehead atoms. The summed E-state index contributed by atoms with van der Waals surface area (Å²) in [6.45, 7) is 6.35. The van der Waals surface area contributed by atoms with E-state index in [4.69, 9.17) is 10.1 Å². The molecule has 0 aliphatic rings. The molecule has 188 valence electrons. The molecule has 0 atom stereocenters. The van der Waals surface area contributed by atoms with Crippen molar-refractivity contribution >= 4 is 33.5 Å². The van der Waals surface area contributed by atoms with Crippen molar-refractivity contribution in [1.82, 2.24) is 9.97 Å². The number of carbonyl (C=O) groups is 1. The Labute approximate surface area is 216 Å². The SMILES string of the molecule is CCCN(CCC)c1cc2ccccc2nc1-c1ccc(F)cc1.O=C(O)c1ccc2ncccc2c1. The fraction of sp³-hybridized carbons (Fsp3) is 0.194. The van der Waals surface area contributed by atoms with Gasteiger partial charge in [0.05, 0.1) is 28.0 Å². The summed E-state index contributed by atoms with van der Waals surface area (Å²) in [6, 6.07) is 25.5. The summed E-state index contributed by atoms with van der Waals surface area (Å²) >= 11 is 0. The van der Waals surface area contributed by atoms with Crippen LogP contribution >= 0.6 is 0 Å². The lowest BCUT2D eigenvalue weighted by Crippen LogP contribution is -2.25. The third-order valence-corrected chi connectivity index (χ3v) is 6.00. The predicted octanol–water partition coefficient (Wildman–Crippen LogP) is 7.60. The van der Waals surface area contributed by atoms with E-state index in [1.807, 2.05) is 36.4 Å². The Kier molecular flexibility index (Phi) is 8.41. The Morgan fingerprint density at radius 3 is 2.22 bits per heavy atom. The number of aromatic nitrogens is 2.